The average molecular weight is 503 g/mol. The number of phenols is 1. The molecule has 1 fully saturated rings. The number of aromatic hydroxyl groups is 1. The van der Waals surface area contributed by atoms with E-state index < -0.39 is 11.4 Å². The first-order chi connectivity index (χ1) is 16.5. The van der Waals surface area contributed by atoms with E-state index in [0.717, 1.165) is 11.1 Å². The number of fused-ring (bicyclic) bond motifs is 4. The fourth-order valence-electron chi connectivity index (χ4n) is 4.89. The summed E-state index contributed by atoms with van der Waals surface area (Å²) in [5.41, 5.74) is 1.40. The van der Waals surface area contributed by atoms with Crippen molar-refractivity contribution in [2.75, 3.05) is 26.2 Å². The fraction of sp³-hybridized carbons (Fsp3) is 0.440. The minimum atomic E-state index is -0.587. The highest BCUT2D eigenvalue weighted by Gasteiger charge is 2.37. The van der Waals surface area contributed by atoms with Gasteiger partial charge in [-0.2, -0.15) is 5.10 Å². The number of phenolic OH excluding ortho intramolecular Hbond substituents is 1. The Morgan fingerprint density at radius 1 is 1.29 bits per heavy atom. The van der Waals surface area contributed by atoms with Gasteiger partial charge in [-0.3, -0.25) is 9.58 Å². The van der Waals surface area contributed by atoms with Crippen LogP contribution in [0.5, 0.6) is 11.5 Å². The lowest BCUT2D eigenvalue weighted by atomic mass is 9.96. The molecular formula is C25H28ClFN4O4. The Bertz CT molecular complexity index is 1300. The van der Waals surface area contributed by atoms with Gasteiger partial charge in [0.1, 0.15) is 29.5 Å². The number of piperazine rings is 1. The summed E-state index contributed by atoms with van der Waals surface area (Å²) >= 11 is 6.87. The summed E-state index contributed by atoms with van der Waals surface area (Å²) in [6.45, 7) is 7.98. The van der Waals surface area contributed by atoms with Gasteiger partial charge < -0.3 is 19.5 Å². The summed E-state index contributed by atoms with van der Waals surface area (Å²) < 4.78 is 28.4. The van der Waals surface area contributed by atoms with Crippen LogP contribution in [0.15, 0.2) is 24.4 Å². The standard InChI is InChI=1S/C25H28ClFN4O4/c1-25(2,3)35-24(33)31-9-8-30-12-16-22-15(10-28-29(22)4)19(20-17(27)6-5-7-18(20)32)21(26)23(16)34-13-14(30)11-31/h5-7,10,14,32H,8-9,11-13H2,1-4H3/t14-/m1/s1. The van der Waals surface area contributed by atoms with Gasteiger partial charge >= 0.3 is 6.09 Å². The number of rotatable bonds is 1. The third-order valence-corrected chi connectivity index (χ3v) is 6.83. The van der Waals surface area contributed by atoms with Gasteiger partial charge in [0.2, 0.25) is 0 Å². The molecule has 2 aliphatic rings. The van der Waals surface area contributed by atoms with Gasteiger partial charge in [-0.25, -0.2) is 9.18 Å². The van der Waals surface area contributed by atoms with E-state index in [1.165, 1.54) is 18.2 Å². The zero-order chi connectivity index (χ0) is 25.1. The minimum Gasteiger partial charge on any atom is -0.507 e. The second kappa shape index (κ2) is 8.57. The number of amides is 1. The van der Waals surface area contributed by atoms with Gasteiger partial charge in [0.15, 0.2) is 0 Å². The van der Waals surface area contributed by atoms with Gasteiger partial charge in [0, 0.05) is 49.7 Å². The van der Waals surface area contributed by atoms with E-state index in [2.05, 4.69) is 10.00 Å². The molecule has 2 aliphatic heterocycles. The quantitative estimate of drug-likeness (QED) is 0.526. The third-order valence-electron chi connectivity index (χ3n) is 6.47. The average Bonchev–Trinajstić information content (AvgIpc) is 3.04. The molecule has 0 unspecified atom stereocenters. The molecule has 5 rings (SSSR count). The lowest BCUT2D eigenvalue weighted by Gasteiger charge is -2.40. The Labute approximate surface area is 207 Å². The Morgan fingerprint density at radius 3 is 2.77 bits per heavy atom. The maximum absolute atomic E-state index is 14.9. The molecule has 0 radical (unpaired) electrons. The van der Waals surface area contributed by atoms with Crippen LogP contribution in [0.2, 0.25) is 5.02 Å². The van der Waals surface area contributed by atoms with E-state index in [0.29, 0.717) is 42.9 Å². The van der Waals surface area contributed by atoms with E-state index in [-0.39, 0.29) is 35.1 Å². The Kier molecular flexibility index (Phi) is 5.80. The fourth-order valence-corrected chi connectivity index (χ4v) is 5.25. The van der Waals surface area contributed by atoms with E-state index in [4.69, 9.17) is 21.1 Å². The molecule has 1 aromatic heterocycles. The Morgan fingerprint density at radius 2 is 2.06 bits per heavy atom. The van der Waals surface area contributed by atoms with Crippen molar-refractivity contribution < 1.29 is 23.8 Å². The molecule has 186 valence electrons. The normalized spacial score (nSPS) is 18.6. The van der Waals surface area contributed by atoms with E-state index in [9.17, 15) is 14.3 Å². The summed E-state index contributed by atoms with van der Waals surface area (Å²) in [7, 11) is 1.81. The van der Waals surface area contributed by atoms with Crippen LogP contribution in [0.25, 0.3) is 22.0 Å². The van der Waals surface area contributed by atoms with E-state index in [1.54, 1.807) is 15.8 Å². The van der Waals surface area contributed by atoms with Crippen molar-refractivity contribution in [3.05, 3.63) is 40.8 Å². The van der Waals surface area contributed by atoms with Crippen molar-refractivity contribution in [3.63, 3.8) is 0 Å². The number of hydrogen-bond acceptors (Lipinski definition) is 6. The molecule has 1 amide bonds. The molecule has 0 spiro atoms. The van der Waals surface area contributed by atoms with E-state index >= 15 is 0 Å². The van der Waals surface area contributed by atoms with Crippen molar-refractivity contribution in [1.82, 2.24) is 19.6 Å². The molecule has 3 aromatic rings. The first kappa shape index (κ1) is 23.7. The van der Waals surface area contributed by atoms with Crippen LogP contribution in [0.1, 0.15) is 26.3 Å². The zero-order valence-electron chi connectivity index (χ0n) is 20.1. The summed E-state index contributed by atoms with van der Waals surface area (Å²) in [5, 5.41) is 15.8. The van der Waals surface area contributed by atoms with Crippen LogP contribution in [-0.4, -0.2) is 68.7 Å². The first-order valence-corrected chi connectivity index (χ1v) is 11.9. The number of carbonyl (C=O) groups excluding carboxylic acids is 1. The lowest BCUT2D eigenvalue weighted by Crippen LogP contribution is -2.56. The molecule has 0 saturated carbocycles. The number of carbonyl (C=O) groups is 1. The second-order valence-electron chi connectivity index (χ2n) is 10.0. The summed E-state index contributed by atoms with van der Waals surface area (Å²) in [6, 6.07) is 4.07. The van der Waals surface area contributed by atoms with Crippen molar-refractivity contribution in [1.29, 1.82) is 0 Å². The van der Waals surface area contributed by atoms with Gasteiger partial charge in [0.25, 0.3) is 0 Å². The summed E-state index contributed by atoms with van der Waals surface area (Å²) in [4.78, 5) is 16.6. The lowest BCUT2D eigenvalue weighted by molar-refractivity contribution is -0.00151. The summed E-state index contributed by atoms with van der Waals surface area (Å²) in [5.74, 6) is -0.356. The van der Waals surface area contributed by atoms with Gasteiger partial charge in [-0.05, 0) is 32.9 Å². The van der Waals surface area contributed by atoms with Crippen LogP contribution in [0, 0.1) is 5.82 Å². The third kappa shape index (κ3) is 4.16. The maximum atomic E-state index is 14.9. The van der Waals surface area contributed by atoms with Gasteiger partial charge in [0.05, 0.1) is 28.3 Å². The van der Waals surface area contributed by atoms with Crippen molar-refractivity contribution in [2.24, 2.45) is 7.05 Å². The highest BCUT2D eigenvalue weighted by atomic mass is 35.5. The zero-order valence-corrected chi connectivity index (χ0v) is 20.9. The number of aromatic nitrogens is 2. The predicted octanol–water partition coefficient (Wildman–Crippen LogP) is 4.55. The highest BCUT2D eigenvalue weighted by molar-refractivity contribution is 6.37. The maximum Gasteiger partial charge on any atom is 0.410 e. The smallest absolute Gasteiger partial charge is 0.410 e. The molecule has 35 heavy (non-hydrogen) atoms. The van der Waals surface area contributed by atoms with Crippen LogP contribution < -0.4 is 4.74 Å². The number of nitrogens with zero attached hydrogens (tertiary/aromatic N) is 4. The van der Waals surface area contributed by atoms with Crippen LogP contribution in [-0.2, 0) is 18.3 Å². The Balaban J connectivity index is 1.55. The molecule has 2 aromatic carbocycles. The van der Waals surface area contributed by atoms with Crippen molar-refractivity contribution in [2.45, 2.75) is 39.0 Å². The number of halogens is 2. The van der Waals surface area contributed by atoms with Crippen molar-refractivity contribution in [3.8, 4) is 22.6 Å². The number of aryl methyl sites for hydroxylation is 1. The number of ether oxygens (including phenoxy) is 2. The van der Waals surface area contributed by atoms with Gasteiger partial charge in [-0.1, -0.05) is 17.7 Å². The molecule has 1 N–H and O–H groups in total. The topological polar surface area (TPSA) is 80.1 Å². The minimum absolute atomic E-state index is 0.0139. The molecule has 10 heteroatoms. The molecule has 3 heterocycles. The largest absolute Gasteiger partial charge is 0.507 e. The number of benzene rings is 2. The van der Waals surface area contributed by atoms with Crippen LogP contribution >= 0.6 is 11.6 Å². The Hall–Kier alpha value is -3.04. The summed E-state index contributed by atoms with van der Waals surface area (Å²) in [6.07, 6.45) is 1.29. The van der Waals surface area contributed by atoms with E-state index in [1.807, 2.05) is 27.8 Å². The first-order valence-electron chi connectivity index (χ1n) is 11.5. The second-order valence-corrected chi connectivity index (χ2v) is 10.4. The molecule has 1 atom stereocenters. The van der Waals surface area contributed by atoms with Crippen molar-refractivity contribution >= 4 is 28.6 Å². The van der Waals surface area contributed by atoms with Crippen LogP contribution in [0.3, 0.4) is 0 Å². The van der Waals surface area contributed by atoms with Gasteiger partial charge in [-0.15, -0.1) is 0 Å². The highest BCUT2D eigenvalue weighted by Crippen LogP contribution is 2.48. The molecular weight excluding hydrogens is 475 g/mol. The molecule has 0 bridgehead atoms. The SMILES string of the molecule is Cn1ncc2c(-c3c(O)cccc3F)c(Cl)c3c(c21)CN1CCN(C(=O)OC(C)(C)C)C[C@@H]1CO3. The van der Waals surface area contributed by atoms with Crippen LogP contribution in [0.4, 0.5) is 9.18 Å². The molecule has 1 saturated heterocycles. The molecule has 0 aliphatic carbocycles. The monoisotopic (exact) mass is 502 g/mol. The molecule has 8 nitrogen and oxygen atoms in total. The predicted molar refractivity (Wildman–Crippen MR) is 130 cm³/mol. The number of hydrogen-bond donors (Lipinski definition) is 1.